The first kappa shape index (κ1) is 11.7. The van der Waals surface area contributed by atoms with Crippen molar-refractivity contribution in [1.82, 2.24) is 25.9 Å². The van der Waals surface area contributed by atoms with Gasteiger partial charge in [-0.05, 0) is 25.8 Å². The Morgan fingerprint density at radius 3 is 2.65 bits per heavy atom. The molecule has 2 N–H and O–H groups in total. The first-order valence-corrected chi connectivity index (χ1v) is 5.79. The van der Waals surface area contributed by atoms with E-state index >= 15 is 0 Å². The van der Waals surface area contributed by atoms with E-state index in [0.29, 0.717) is 11.9 Å². The van der Waals surface area contributed by atoms with Gasteiger partial charge in [-0.25, -0.2) is 0 Å². The summed E-state index contributed by atoms with van der Waals surface area (Å²) in [6, 6.07) is 10.9. The molecule has 0 aliphatic rings. The summed E-state index contributed by atoms with van der Waals surface area (Å²) in [6.07, 6.45) is 0.989. The Labute approximate surface area is 101 Å². The number of nitrogens with one attached hydrogen (secondary N) is 2. The van der Waals surface area contributed by atoms with Crippen LogP contribution in [0.3, 0.4) is 0 Å². The number of H-pyrrole nitrogens is 1. The third-order valence-corrected chi connectivity index (χ3v) is 2.67. The van der Waals surface area contributed by atoms with E-state index in [2.05, 4.69) is 57.1 Å². The largest absolute Gasteiger partial charge is 0.305 e. The van der Waals surface area contributed by atoms with Crippen LogP contribution in [0, 0.1) is 0 Å². The molecule has 1 aromatic carbocycles. The quantitative estimate of drug-likeness (QED) is 0.818. The molecular formula is C12H17N5. The van der Waals surface area contributed by atoms with Gasteiger partial charge in [0.25, 0.3) is 0 Å². The summed E-state index contributed by atoms with van der Waals surface area (Å²) >= 11 is 0. The van der Waals surface area contributed by atoms with E-state index < -0.39 is 0 Å². The molecule has 2 unspecified atom stereocenters. The van der Waals surface area contributed by atoms with Gasteiger partial charge in [-0.1, -0.05) is 35.5 Å². The number of rotatable bonds is 5. The van der Waals surface area contributed by atoms with Gasteiger partial charge in [0.05, 0.1) is 6.04 Å². The smallest absolute Gasteiger partial charge is 0.191 e. The van der Waals surface area contributed by atoms with Crippen molar-refractivity contribution in [3.8, 4) is 0 Å². The number of hydrogen-bond acceptors (Lipinski definition) is 4. The molecule has 1 aromatic heterocycles. The second-order valence-corrected chi connectivity index (χ2v) is 4.25. The maximum Gasteiger partial charge on any atom is 0.191 e. The van der Waals surface area contributed by atoms with Crippen LogP contribution in [-0.4, -0.2) is 26.7 Å². The van der Waals surface area contributed by atoms with Crippen LogP contribution in [0.1, 0.15) is 31.3 Å². The van der Waals surface area contributed by atoms with Crippen LogP contribution in [-0.2, 0) is 6.42 Å². The molecule has 90 valence electrons. The topological polar surface area (TPSA) is 66.5 Å². The highest BCUT2D eigenvalue weighted by Gasteiger charge is 2.13. The first-order valence-electron chi connectivity index (χ1n) is 5.79. The van der Waals surface area contributed by atoms with E-state index in [4.69, 9.17) is 0 Å². The molecule has 17 heavy (non-hydrogen) atoms. The van der Waals surface area contributed by atoms with Crippen molar-refractivity contribution < 1.29 is 0 Å². The molecule has 0 fully saturated rings. The highest BCUT2D eigenvalue weighted by molar-refractivity contribution is 5.15. The SMILES string of the molecule is CC(Cc1ccccc1)NC(C)c1nn[nH]n1. The molecule has 0 bridgehead atoms. The third kappa shape index (κ3) is 3.35. The van der Waals surface area contributed by atoms with Crippen LogP contribution >= 0.6 is 0 Å². The minimum absolute atomic E-state index is 0.104. The van der Waals surface area contributed by atoms with E-state index in [1.54, 1.807) is 0 Å². The maximum absolute atomic E-state index is 3.97. The first-order chi connectivity index (χ1) is 8.25. The number of benzene rings is 1. The molecule has 0 aliphatic heterocycles. The van der Waals surface area contributed by atoms with Crippen molar-refractivity contribution in [2.24, 2.45) is 0 Å². The van der Waals surface area contributed by atoms with Crippen molar-refractivity contribution in [3.05, 3.63) is 41.7 Å². The van der Waals surface area contributed by atoms with E-state index in [9.17, 15) is 0 Å². The molecule has 5 heteroatoms. The minimum Gasteiger partial charge on any atom is -0.305 e. The molecule has 2 rings (SSSR count). The van der Waals surface area contributed by atoms with Crippen molar-refractivity contribution in [1.29, 1.82) is 0 Å². The Morgan fingerprint density at radius 2 is 2.00 bits per heavy atom. The fourth-order valence-corrected chi connectivity index (χ4v) is 1.88. The van der Waals surface area contributed by atoms with E-state index in [1.807, 2.05) is 13.0 Å². The standard InChI is InChI=1S/C12H17N5/c1-9(8-11-6-4-3-5-7-11)13-10(2)12-14-16-17-15-12/h3-7,9-10,13H,8H2,1-2H3,(H,14,15,16,17). The summed E-state index contributed by atoms with van der Waals surface area (Å²) in [6.45, 7) is 4.19. The molecule has 0 saturated heterocycles. The van der Waals surface area contributed by atoms with Crippen LogP contribution in [0.25, 0.3) is 0 Å². The second-order valence-electron chi connectivity index (χ2n) is 4.25. The molecule has 0 amide bonds. The van der Waals surface area contributed by atoms with Crippen molar-refractivity contribution >= 4 is 0 Å². The zero-order chi connectivity index (χ0) is 12.1. The van der Waals surface area contributed by atoms with Gasteiger partial charge in [-0.3, -0.25) is 0 Å². The van der Waals surface area contributed by atoms with Crippen LogP contribution in [0.2, 0.25) is 0 Å². The van der Waals surface area contributed by atoms with Gasteiger partial charge in [-0.15, -0.1) is 10.2 Å². The highest BCUT2D eigenvalue weighted by Crippen LogP contribution is 2.08. The number of aromatic amines is 1. The average Bonchev–Trinajstić information content (AvgIpc) is 2.83. The predicted molar refractivity (Wildman–Crippen MR) is 65.3 cm³/mol. The Morgan fingerprint density at radius 1 is 1.24 bits per heavy atom. The van der Waals surface area contributed by atoms with Crippen LogP contribution in [0.15, 0.2) is 30.3 Å². The van der Waals surface area contributed by atoms with Crippen LogP contribution in [0.5, 0.6) is 0 Å². The van der Waals surface area contributed by atoms with Gasteiger partial charge in [-0.2, -0.15) is 5.21 Å². The fourth-order valence-electron chi connectivity index (χ4n) is 1.88. The van der Waals surface area contributed by atoms with Gasteiger partial charge < -0.3 is 5.32 Å². The molecule has 2 atom stereocenters. The van der Waals surface area contributed by atoms with Gasteiger partial charge in [0, 0.05) is 6.04 Å². The summed E-state index contributed by atoms with van der Waals surface area (Å²) in [4.78, 5) is 0. The summed E-state index contributed by atoms with van der Waals surface area (Å²) in [5, 5.41) is 17.4. The molecule has 2 aromatic rings. The summed E-state index contributed by atoms with van der Waals surface area (Å²) in [7, 11) is 0. The van der Waals surface area contributed by atoms with Gasteiger partial charge >= 0.3 is 0 Å². The second kappa shape index (κ2) is 5.54. The highest BCUT2D eigenvalue weighted by atomic mass is 15.5. The van der Waals surface area contributed by atoms with Crippen LogP contribution < -0.4 is 5.32 Å². The molecular weight excluding hydrogens is 214 g/mol. The number of hydrogen-bond donors (Lipinski definition) is 2. The predicted octanol–water partition coefficient (Wildman–Crippen LogP) is 1.48. The number of tetrazole rings is 1. The molecule has 0 saturated carbocycles. The molecule has 1 heterocycles. The average molecular weight is 231 g/mol. The maximum atomic E-state index is 3.97. The number of nitrogens with zero attached hydrogens (tertiary/aromatic N) is 3. The van der Waals surface area contributed by atoms with Crippen molar-refractivity contribution in [2.45, 2.75) is 32.4 Å². The van der Waals surface area contributed by atoms with Crippen LogP contribution in [0.4, 0.5) is 0 Å². The Bertz CT molecular complexity index is 425. The summed E-state index contributed by atoms with van der Waals surface area (Å²) in [5.74, 6) is 0.699. The van der Waals surface area contributed by atoms with E-state index in [-0.39, 0.29) is 6.04 Å². The number of aromatic nitrogens is 4. The van der Waals surface area contributed by atoms with E-state index in [0.717, 1.165) is 6.42 Å². The minimum atomic E-state index is 0.104. The Kier molecular flexibility index (Phi) is 3.82. The van der Waals surface area contributed by atoms with Gasteiger partial charge in [0.1, 0.15) is 0 Å². The molecule has 0 radical (unpaired) electrons. The third-order valence-electron chi connectivity index (χ3n) is 2.67. The Hall–Kier alpha value is -1.75. The fraction of sp³-hybridized carbons (Fsp3) is 0.417. The lowest BCUT2D eigenvalue weighted by molar-refractivity contribution is 0.462. The summed E-state index contributed by atoms with van der Waals surface area (Å²) < 4.78 is 0. The molecule has 0 aliphatic carbocycles. The Balaban J connectivity index is 1.87. The lowest BCUT2D eigenvalue weighted by atomic mass is 10.1. The monoisotopic (exact) mass is 231 g/mol. The zero-order valence-electron chi connectivity index (χ0n) is 10.1. The molecule has 5 nitrogen and oxygen atoms in total. The lowest BCUT2D eigenvalue weighted by Gasteiger charge is -2.17. The zero-order valence-corrected chi connectivity index (χ0v) is 10.1. The normalized spacial score (nSPS) is 14.5. The van der Waals surface area contributed by atoms with Gasteiger partial charge in [0.15, 0.2) is 5.82 Å². The lowest BCUT2D eigenvalue weighted by Crippen LogP contribution is -2.31. The van der Waals surface area contributed by atoms with Gasteiger partial charge in [0.2, 0.25) is 0 Å². The molecule has 0 spiro atoms. The summed E-state index contributed by atoms with van der Waals surface area (Å²) in [5.41, 5.74) is 1.33. The van der Waals surface area contributed by atoms with Crippen molar-refractivity contribution in [2.75, 3.05) is 0 Å². The van der Waals surface area contributed by atoms with Crippen molar-refractivity contribution in [3.63, 3.8) is 0 Å². The van der Waals surface area contributed by atoms with E-state index in [1.165, 1.54) is 5.56 Å².